The van der Waals surface area contributed by atoms with E-state index in [0.29, 0.717) is 12.2 Å². The number of dihydropyridines is 1. The summed E-state index contributed by atoms with van der Waals surface area (Å²) in [5.41, 5.74) is 4.83. The molecule has 1 aromatic carbocycles. The minimum absolute atomic E-state index is 0.0906. The van der Waals surface area contributed by atoms with Crippen molar-refractivity contribution in [2.24, 2.45) is 5.92 Å². The van der Waals surface area contributed by atoms with Crippen LogP contribution in [0.4, 0.5) is 0 Å². The van der Waals surface area contributed by atoms with Gasteiger partial charge in [-0.25, -0.2) is 0 Å². The lowest BCUT2D eigenvalue weighted by molar-refractivity contribution is 0.0610. The number of nitrogens with one attached hydrogen (secondary N) is 1. The molecule has 0 radical (unpaired) electrons. The van der Waals surface area contributed by atoms with E-state index in [1.807, 2.05) is 68.3 Å². The minimum Gasteiger partial charge on any atom is -0.504 e. The van der Waals surface area contributed by atoms with Crippen molar-refractivity contribution >= 4 is 23.1 Å². The van der Waals surface area contributed by atoms with E-state index < -0.39 is 5.60 Å². The first-order valence-electron chi connectivity index (χ1n) is 14.6. The SMILES string of the molecule is C/C=C1\Oc2ccc(O)c(OC)c2C2C=CC3=C(C(C)=CC(C)(C)N3)C1C2.CC.CS/C=C\CC(C)(O)c1ccsc1. The average molecular weight is 610 g/mol. The van der Waals surface area contributed by atoms with Gasteiger partial charge in [0.15, 0.2) is 11.5 Å². The van der Waals surface area contributed by atoms with Crippen LogP contribution < -0.4 is 14.8 Å². The van der Waals surface area contributed by atoms with Gasteiger partial charge in [-0.2, -0.15) is 11.3 Å². The highest BCUT2D eigenvalue weighted by Gasteiger charge is 2.38. The van der Waals surface area contributed by atoms with Gasteiger partial charge >= 0.3 is 0 Å². The molecule has 7 heteroatoms. The van der Waals surface area contributed by atoms with Gasteiger partial charge in [0.2, 0.25) is 0 Å². The molecule has 42 heavy (non-hydrogen) atoms. The summed E-state index contributed by atoms with van der Waals surface area (Å²) in [6.45, 7) is 14.4. The van der Waals surface area contributed by atoms with Crippen LogP contribution in [0.5, 0.6) is 17.2 Å². The summed E-state index contributed by atoms with van der Waals surface area (Å²) < 4.78 is 11.9. The highest BCUT2D eigenvalue weighted by Crippen LogP contribution is 2.51. The van der Waals surface area contributed by atoms with E-state index in [0.717, 1.165) is 34.8 Å². The van der Waals surface area contributed by atoms with E-state index in [1.165, 1.54) is 11.1 Å². The number of phenolic OH excluding ortho intramolecular Hbond substituents is 1. The predicted molar refractivity (Wildman–Crippen MR) is 180 cm³/mol. The van der Waals surface area contributed by atoms with E-state index in [2.05, 4.69) is 50.4 Å². The Balaban J connectivity index is 0.000000272. The maximum atomic E-state index is 10.3. The zero-order valence-corrected chi connectivity index (χ0v) is 28.1. The van der Waals surface area contributed by atoms with Crippen molar-refractivity contribution in [3.8, 4) is 17.2 Å². The van der Waals surface area contributed by atoms with Gasteiger partial charge in [0.1, 0.15) is 11.5 Å². The molecule has 0 saturated carbocycles. The number of phenols is 1. The van der Waals surface area contributed by atoms with Gasteiger partial charge in [0, 0.05) is 23.1 Å². The molecular formula is C35H47NO4S2. The fourth-order valence-corrected chi connectivity index (χ4v) is 6.83. The normalized spacial score (nSPS) is 22.4. The number of ether oxygens (including phenoxy) is 2. The lowest BCUT2D eigenvalue weighted by Crippen LogP contribution is -2.40. The highest BCUT2D eigenvalue weighted by molar-refractivity contribution is 8.01. The molecule has 0 amide bonds. The van der Waals surface area contributed by atoms with Crippen molar-refractivity contribution in [3.05, 3.63) is 98.5 Å². The van der Waals surface area contributed by atoms with E-state index in [4.69, 9.17) is 9.47 Å². The van der Waals surface area contributed by atoms with Crippen LogP contribution in [0.1, 0.15) is 78.4 Å². The van der Waals surface area contributed by atoms with Crippen molar-refractivity contribution in [3.63, 3.8) is 0 Å². The van der Waals surface area contributed by atoms with Crippen LogP contribution in [0.15, 0.2) is 87.3 Å². The number of hydrogen-bond donors (Lipinski definition) is 3. The van der Waals surface area contributed by atoms with Crippen LogP contribution in [0.3, 0.4) is 0 Å². The Morgan fingerprint density at radius 3 is 2.62 bits per heavy atom. The maximum Gasteiger partial charge on any atom is 0.167 e. The van der Waals surface area contributed by atoms with Gasteiger partial charge < -0.3 is 25.0 Å². The monoisotopic (exact) mass is 609 g/mol. The second-order valence-electron chi connectivity index (χ2n) is 11.2. The van der Waals surface area contributed by atoms with Crippen molar-refractivity contribution in [1.29, 1.82) is 0 Å². The lowest BCUT2D eigenvalue weighted by Gasteiger charge is -2.35. The van der Waals surface area contributed by atoms with Gasteiger partial charge in [-0.1, -0.05) is 32.1 Å². The number of rotatable bonds is 5. The summed E-state index contributed by atoms with van der Waals surface area (Å²) in [4.78, 5) is 0. The van der Waals surface area contributed by atoms with Gasteiger partial charge in [-0.15, -0.1) is 11.8 Å². The van der Waals surface area contributed by atoms with E-state index in [9.17, 15) is 10.2 Å². The third-order valence-corrected chi connectivity index (χ3v) is 8.69. The molecule has 3 heterocycles. The number of thiophene rings is 1. The van der Waals surface area contributed by atoms with Crippen molar-refractivity contribution in [2.75, 3.05) is 13.4 Å². The Bertz CT molecular complexity index is 1360. The Morgan fingerprint density at radius 1 is 1.26 bits per heavy atom. The van der Waals surface area contributed by atoms with E-state index >= 15 is 0 Å². The van der Waals surface area contributed by atoms with Crippen molar-refractivity contribution in [1.82, 2.24) is 5.32 Å². The molecule has 0 spiro atoms. The lowest BCUT2D eigenvalue weighted by atomic mass is 9.80. The Labute approximate surface area is 260 Å². The Hall–Kier alpha value is -2.87. The molecule has 1 aliphatic carbocycles. The van der Waals surface area contributed by atoms with Crippen LogP contribution >= 0.6 is 23.1 Å². The molecule has 1 aromatic heterocycles. The van der Waals surface area contributed by atoms with Crippen LogP contribution in [-0.2, 0) is 5.60 Å². The smallest absolute Gasteiger partial charge is 0.167 e. The fraction of sp³-hybridized carbons (Fsp3) is 0.429. The number of methoxy groups -OCH3 is 1. The van der Waals surface area contributed by atoms with Crippen molar-refractivity contribution in [2.45, 2.75) is 78.4 Å². The van der Waals surface area contributed by atoms with Crippen molar-refractivity contribution < 1.29 is 19.7 Å². The Kier molecular flexibility index (Phi) is 11.6. The van der Waals surface area contributed by atoms with E-state index in [-0.39, 0.29) is 23.1 Å². The zero-order chi connectivity index (χ0) is 31.1. The van der Waals surface area contributed by atoms with Gasteiger partial charge in [0.05, 0.1) is 18.2 Å². The second kappa shape index (κ2) is 14.5. The third-order valence-electron chi connectivity index (χ3n) is 7.54. The molecular weight excluding hydrogens is 563 g/mol. The minimum atomic E-state index is -0.716. The molecule has 228 valence electrons. The second-order valence-corrected chi connectivity index (χ2v) is 12.7. The number of aliphatic hydroxyl groups is 1. The largest absolute Gasteiger partial charge is 0.504 e. The number of hydrogen-bond acceptors (Lipinski definition) is 7. The molecule has 3 aliphatic rings. The first-order valence-corrected chi connectivity index (χ1v) is 16.8. The quantitative estimate of drug-likeness (QED) is 0.314. The molecule has 3 N–H and O–H groups in total. The molecule has 0 saturated heterocycles. The van der Waals surface area contributed by atoms with Gasteiger partial charge in [-0.05, 0) is 117 Å². The van der Waals surface area contributed by atoms with Crippen LogP contribution in [0.2, 0.25) is 0 Å². The fourth-order valence-electron chi connectivity index (χ4n) is 5.76. The first-order chi connectivity index (χ1) is 20.0. The van der Waals surface area contributed by atoms with Crippen LogP contribution in [-0.4, -0.2) is 29.1 Å². The number of thioether (sulfide) groups is 1. The molecule has 0 fully saturated rings. The Morgan fingerprint density at radius 2 is 2.00 bits per heavy atom. The number of aromatic hydroxyl groups is 1. The summed E-state index contributed by atoms with van der Waals surface area (Å²) in [7, 11) is 1.59. The summed E-state index contributed by atoms with van der Waals surface area (Å²) in [5, 5.41) is 30.0. The van der Waals surface area contributed by atoms with Crippen LogP contribution in [0, 0.1) is 5.92 Å². The number of fused-ring (bicyclic) bond motifs is 5. The summed E-state index contributed by atoms with van der Waals surface area (Å²) in [6.07, 6.45) is 14.3. The number of allylic oxidation sites excluding steroid dienone is 5. The number of benzene rings is 1. The summed E-state index contributed by atoms with van der Waals surface area (Å²) in [5.74, 6) is 2.57. The van der Waals surface area contributed by atoms with Gasteiger partial charge in [-0.3, -0.25) is 0 Å². The molecule has 2 bridgehead atoms. The standard InChI is InChI=1S/C23H27NO3.C10H14OS2.C2H6/c1-6-18-15-11-14(21-19(27-18)10-9-17(25)22(21)26-5)7-8-16-20(15)13(2)12-23(3,4)24-16;1-10(11,5-3-6-12-2)9-4-7-13-8-9;1-2/h6-10,12,14-15,24-25H,11H2,1-5H3;3-4,6-8,11H,5H2,1-2H3;1-2H3/b18-6-;6-3-;. The third kappa shape index (κ3) is 7.55. The van der Waals surface area contributed by atoms with E-state index in [1.54, 1.807) is 36.3 Å². The summed E-state index contributed by atoms with van der Waals surface area (Å²) >= 11 is 3.27. The van der Waals surface area contributed by atoms with Gasteiger partial charge in [0.25, 0.3) is 0 Å². The van der Waals surface area contributed by atoms with Crippen LogP contribution in [0.25, 0.3) is 0 Å². The topological polar surface area (TPSA) is 71.0 Å². The predicted octanol–water partition coefficient (Wildman–Crippen LogP) is 9.19. The molecule has 2 aromatic rings. The first kappa shape index (κ1) is 33.6. The molecule has 3 atom stereocenters. The average Bonchev–Trinajstić information content (AvgIpc) is 3.39. The highest BCUT2D eigenvalue weighted by atomic mass is 32.2. The molecule has 3 unspecified atom stereocenters. The zero-order valence-electron chi connectivity index (χ0n) is 26.4. The maximum absolute atomic E-state index is 10.3. The molecule has 5 rings (SSSR count). The molecule has 5 nitrogen and oxygen atoms in total. The molecule has 2 aliphatic heterocycles. The summed E-state index contributed by atoms with van der Waals surface area (Å²) in [6, 6.07) is 5.44.